The Hall–Kier alpha value is -3.25. The summed E-state index contributed by atoms with van der Waals surface area (Å²) in [6, 6.07) is 9.02. The van der Waals surface area contributed by atoms with Crippen LogP contribution in [0.2, 0.25) is 0 Å². The second-order valence-corrected chi connectivity index (χ2v) is 7.47. The van der Waals surface area contributed by atoms with Gasteiger partial charge in [0, 0.05) is 5.56 Å². The van der Waals surface area contributed by atoms with E-state index in [0.29, 0.717) is 11.1 Å². The van der Waals surface area contributed by atoms with Crippen LogP contribution in [-0.4, -0.2) is 41.1 Å². The maximum absolute atomic E-state index is 13.3. The molecule has 146 valence electrons. The lowest BCUT2D eigenvalue weighted by molar-refractivity contribution is -0.116. The number of carbonyl (C=O) groups excluding carboxylic acids is 1. The Bertz CT molecular complexity index is 1120. The molecule has 0 aliphatic rings. The van der Waals surface area contributed by atoms with Crippen LogP contribution in [0.25, 0.3) is 11.4 Å². The van der Waals surface area contributed by atoms with Gasteiger partial charge in [-0.25, -0.2) is 21.9 Å². The third kappa shape index (κ3) is 4.53. The number of tetrazole rings is 1. The van der Waals surface area contributed by atoms with Gasteiger partial charge in [-0.05, 0) is 47.2 Å². The van der Waals surface area contributed by atoms with Gasteiger partial charge in [-0.2, -0.15) is 4.80 Å². The minimum atomic E-state index is -3.88. The molecule has 0 bridgehead atoms. The Morgan fingerprint density at radius 2 is 1.82 bits per heavy atom. The van der Waals surface area contributed by atoms with Crippen molar-refractivity contribution in [1.82, 2.24) is 24.9 Å². The van der Waals surface area contributed by atoms with Crippen molar-refractivity contribution in [3.63, 3.8) is 0 Å². The highest BCUT2D eigenvalue weighted by molar-refractivity contribution is 7.89. The van der Waals surface area contributed by atoms with Crippen molar-refractivity contribution < 1.29 is 22.0 Å². The predicted octanol–water partition coefficient (Wildman–Crippen LogP) is 0.430. The van der Waals surface area contributed by atoms with Gasteiger partial charge in [-0.3, -0.25) is 4.79 Å². The number of amides is 1. The molecule has 0 atom stereocenters. The minimum Gasteiger partial charge on any atom is -0.369 e. The van der Waals surface area contributed by atoms with Gasteiger partial charge in [-0.1, -0.05) is 6.07 Å². The molecule has 2 aromatic carbocycles. The summed E-state index contributed by atoms with van der Waals surface area (Å²) < 4.78 is 52.3. The minimum absolute atomic E-state index is 0.0633. The molecule has 0 aliphatic heterocycles. The van der Waals surface area contributed by atoms with Gasteiger partial charge in [0.15, 0.2) is 11.6 Å². The van der Waals surface area contributed by atoms with E-state index < -0.39 is 34.1 Å². The Labute approximate surface area is 158 Å². The molecule has 3 aromatic rings. The van der Waals surface area contributed by atoms with Crippen LogP contribution in [0.1, 0.15) is 5.56 Å². The standard InChI is InChI=1S/C16H14F2N6O3S/c17-13-6-1-10(7-14(13)18)9-24-22-16(21-23-24)11-2-4-12(5-3-11)28(26,27)20-8-15(19)25/h1-7,20H,8-9H2,(H2,19,25). The van der Waals surface area contributed by atoms with E-state index in [4.69, 9.17) is 5.73 Å². The molecule has 9 nitrogen and oxygen atoms in total. The smallest absolute Gasteiger partial charge is 0.241 e. The van der Waals surface area contributed by atoms with E-state index in [1.165, 1.54) is 35.1 Å². The van der Waals surface area contributed by atoms with E-state index in [0.717, 1.165) is 12.1 Å². The molecule has 0 saturated heterocycles. The quantitative estimate of drug-likeness (QED) is 0.583. The average Bonchev–Trinajstić information content (AvgIpc) is 3.12. The summed E-state index contributed by atoms with van der Waals surface area (Å²) >= 11 is 0. The van der Waals surface area contributed by atoms with Crippen LogP contribution >= 0.6 is 0 Å². The highest BCUT2D eigenvalue weighted by atomic mass is 32.2. The van der Waals surface area contributed by atoms with Gasteiger partial charge in [0.1, 0.15) is 0 Å². The molecule has 0 fully saturated rings. The van der Waals surface area contributed by atoms with Gasteiger partial charge < -0.3 is 5.73 Å². The first kappa shape index (κ1) is 19.5. The fourth-order valence-electron chi connectivity index (χ4n) is 2.26. The molecule has 0 radical (unpaired) electrons. The second kappa shape index (κ2) is 7.78. The number of benzene rings is 2. The highest BCUT2D eigenvalue weighted by Crippen LogP contribution is 2.17. The Balaban J connectivity index is 1.74. The summed E-state index contributed by atoms with van der Waals surface area (Å²) in [5.41, 5.74) is 5.86. The van der Waals surface area contributed by atoms with Crippen LogP contribution < -0.4 is 10.5 Å². The fraction of sp³-hybridized carbons (Fsp3) is 0.125. The maximum atomic E-state index is 13.3. The molecule has 1 aromatic heterocycles. The number of halogens is 2. The van der Waals surface area contributed by atoms with E-state index in [9.17, 15) is 22.0 Å². The normalized spacial score (nSPS) is 11.5. The van der Waals surface area contributed by atoms with Crippen molar-refractivity contribution in [3.8, 4) is 11.4 Å². The van der Waals surface area contributed by atoms with E-state index in [1.54, 1.807) is 0 Å². The number of hydrogen-bond donors (Lipinski definition) is 2. The lowest BCUT2D eigenvalue weighted by atomic mass is 10.2. The summed E-state index contributed by atoms with van der Waals surface area (Å²) in [6.07, 6.45) is 0. The number of rotatable bonds is 7. The molecule has 0 saturated carbocycles. The van der Waals surface area contributed by atoms with Crippen molar-refractivity contribution in [2.24, 2.45) is 5.73 Å². The number of primary amides is 1. The number of aromatic nitrogens is 4. The first-order valence-electron chi connectivity index (χ1n) is 7.85. The zero-order valence-electron chi connectivity index (χ0n) is 14.2. The van der Waals surface area contributed by atoms with Crippen molar-refractivity contribution in [2.45, 2.75) is 11.4 Å². The lowest BCUT2D eigenvalue weighted by Gasteiger charge is -2.05. The molecule has 3 N–H and O–H groups in total. The zero-order chi connectivity index (χ0) is 20.3. The Kier molecular flexibility index (Phi) is 5.42. The molecule has 3 rings (SSSR count). The SMILES string of the molecule is NC(=O)CNS(=O)(=O)c1ccc(-c2nnn(Cc3ccc(F)c(F)c3)n2)cc1. The van der Waals surface area contributed by atoms with E-state index in [1.807, 2.05) is 0 Å². The van der Waals surface area contributed by atoms with E-state index in [-0.39, 0.29) is 17.3 Å². The monoisotopic (exact) mass is 408 g/mol. The van der Waals surface area contributed by atoms with Crippen molar-refractivity contribution in [1.29, 1.82) is 0 Å². The van der Waals surface area contributed by atoms with Gasteiger partial charge in [0.05, 0.1) is 18.0 Å². The number of carbonyl (C=O) groups is 1. The van der Waals surface area contributed by atoms with E-state index in [2.05, 4.69) is 20.1 Å². The summed E-state index contributed by atoms with van der Waals surface area (Å²) in [6.45, 7) is -0.433. The van der Waals surface area contributed by atoms with Gasteiger partial charge in [-0.15, -0.1) is 10.2 Å². The summed E-state index contributed by atoms with van der Waals surface area (Å²) in [4.78, 5) is 11.8. The molecular weight excluding hydrogens is 394 g/mol. The number of sulfonamides is 1. The largest absolute Gasteiger partial charge is 0.369 e. The van der Waals surface area contributed by atoms with Crippen LogP contribution in [0.4, 0.5) is 8.78 Å². The number of hydrogen-bond acceptors (Lipinski definition) is 6. The lowest BCUT2D eigenvalue weighted by Crippen LogP contribution is -2.33. The predicted molar refractivity (Wildman–Crippen MR) is 93.1 cm³/mol. The molecule has 0 aliphatic carbocycles. The van der Waals surface area contributed by atoms with Crippen LogP contribution in [-0.2, 0) is 21.4 Å². The molecule has 28 heavy (non-hydrogen) atoms. The third-order valence-electron chi connectivity index (χ3n) is 3.62. The van der Waals surface area contributed by atoms with Gasteiger partial charge >= 0.3 is 0 Å². The topological polar surface area (TPSA) is 133 Å². The van der Waals surface area contributed by atoms with Crippen LogP contribution in [0, 0.1) is 11.6 Å². The fourth-order valence-corrected chi connectivity index (χ4v) is 3.25. The Morgan fingerprint density at radius 1 is 1.11 bits per heavy atom. The summed E-state index contributed by atoms with van der Waals surface area (Å²) in [7, 11) is -3.88. The molecule has 12 heteroatoms. The first-order valence-corrected chi connectivity index (χ1v) is 9.33. The van der Waals surface area contributed by atoms with Crippen molar-refractivity contribution in [3.05, 3.63) is 59.7 Å². The Morgan fingerprint density at radius 3 is 2.46 bits per heavy atom. The number of nitrogens with one attached hydrogen (secondary N) is 1. The number of nitrogens with zero attached hydrogens (tertiary/aromatic N) is 4. The van der Waals surface area contributed by atoms with E-state index >= 15 is 0 Å². The molecule has 1 heterocycles. The van der Waals surface area contributed by atoms with Crippen LogP contribution in [0.3, 0.4) is 0 Å². The first-order chi connectivity index (χ1) is 13.2. The van der Waals surface area contributed by atoms with Crippen molar-refractivity contribution in [2.75, 3.05) is 6.54 Å². The van der Waals surface area contributed by atoms with Gasteiger partial charge in [0.25, 0.3) is 0 Å². The molecule has 0 unspecified atom stereocenters. The average molecular weight is 408 g/mol. The summed E-state index contributed by atoms with van der Waals surface area (Å²) in [5.74, 6) is -2.50. The molecule has 0 spiro atoms. The third-order valence-corrected chi connectivity index (χ3v) is 5.04. The summed E-state index contributed by atoms with van der Waals surface area (Å²) in [5, 5.41) is 11.8. The van der Waals surface area contributed by atoms with Gasteiger partial charge in [0.2, 0.25) is 21.8 Å². The highest BCUT2D eigenvalue weighted by Gasteiger charge is 2.15. The second-order valence-electron chi connectivity index (χ2n) is 5.71. The molecular formula is C16H14F2N6O3S. The number of nitrogens with two attached hydrogens (primary N) is 1. The van der Waals surface area contributed by atoms with Crippen molar-refractivity contribution >= 4 is 15.9 Å². The molecule has 1 amide bonds. The van der Waals surface area contributed by atoms with Crippen LogP contribution in [0.5, 0.6) is 0 Å². The maximum Gasteiger partial charge on any atom is 0.241 e. The van der Waals surface area contributed by atoms with Crippen LogP contribution in [0.15, 0.2) is 47.4 Å². The zero-order valence-corrected chi connectivity index (χ0v) is 15.0.